The van der Waals surface area contributed by atoms with Crippen LogP contribution in [0.4, 0.5) is 5.69 Å². The zero-order valence-corrected chi connectivity index (χ0v) is 13.3. The van der Waals surface area contributed by atoms with Crippen LogP contribution in [-0.4, -0.2) is 24.6 Å². The lowest BCUT2D eigenvalue weighted by Gasteiger charge is -2.08. The molecule has 0 aliphatic rings. The Kier molecular flexibility index (Phi) is 5.61. The number of ketones is 1. The first-order chi connectivity index (χ1) is 10.6. The number of benzene rings is 2. The third-order valence-electron chi connectivity index (χ3n) is 2.93. The number of hydrogen-bond acceptors (Lipinski definition) is 4. The predicted molar refractivity (Wildman–Crippen MR) is 88.8 cm³/mol. The highest BCUT2D eigenvalue weighted by molar-refractivity contribution is 8.00. The molecule has 0 atom stereocenters. The summed E-state index contributed by atoms with van der Waals surface area (Å²) in [5.74, 6) is 0.781. The van der Waals surface area contributed by atoms with Crippen molar-refractivity contribution in [3.8, 4) is 5.75 Å². The van der Waals surface area contributed by atoms with Gasteiger partial charge in [0.1, 0.15) is 5.75 Å². The number of amides is 1. The second-order valence-corrected chi connectivity index (χ2v) is 5.67. The molecule has 0 aliphatic carbocycles. The number of carbonyl (C=O) groups excluding carboxylic acids is 2. The molecule has 0 aromatic heterocycles. The molecule has 0 fully saturated rings. The van der Waals surface area contributed by atoms with Crippen LogP contribution in [0, 0.1) is 0 Å². The molecule has 0 spiro atoms. The molecule has 22 heavy (non-hydrogen) atoms. The molecule has 2 rings (SSSR count). The van der Waals surface area contributed by atoms with E-state index in [1.54, 1.807) is 19.2 Å². The SMILES string of the molecule is COc1ccccc1C(=O)CSc1cccc(NC(C)=O)c1. The number of nitrogens with one attached hydrogen (secondary N) is 1. The van der Waals surface area contributed by atoms with E-state index in [4.69, 9.17) is 4.74 Å². The van der Waals surface area contributed by atoms with Gasteiger partial charge in [0.25, 0.3) is 0 Å². The van der Waals surface area contributed by atoms with Crippen molar-refractivity contribution in [3.05, 3.63) is 54.1 Å². The van der Waals surface area contributed by atoms with Gasteiger partial charge in [-0.25, -0.2) is 0 Å². The minimum atomic E-state index is -0.118. The molecule has 0 unspecified atom stereocenters. The Labute approximate surface area is 133 Å². The number of carbonyl (C=O) groups is 2. The number of ether oxygens (including phenoxy) is 1. The molecule has 0 bridgehead atoms. The van der Waals surface area contributed by atoms with Gasteiger partial charge in [-0.1, -0.05) is 18.2 Å². The lowest BCUT2D eigenvalue weighted by atomic mass is 10.1. The molecule has 0 radical (unpaired) electrons. The molecule has 114 valence electrons. The molecule has 1 amide bonds. The summed E-state index contributed by atoms with van der Waals surface area (Å²) in [6, 6.07) is 14.6. The van der Waals surface area contributed by atoms with E-state index in [0.717, 1.165) is 10.6 Å². The highest BCUT2D eigenvalue weighted by atomic mass is 32.2. The van der Waals surface area contributed by atoms with Crippen LogP contribution >= 0.6 is 11.8 Å². The topological polar surface area (TPSA) is 55.4 Å². The summed E-state index contributed by atoms with van der Waals surface area (Å²) in [6.07, 6.45) is 0. The second kappa shape index (κ2) is 7.66. The Balaban J connectivity index is 2.03. The van der Waals surface area contributed by atoms with Crippen LogP contribution < -0.4 is 10.1 Å². The first-order valence-corrected chi connectivity index (χ1v) is 7.75. The van der Waals surface area contributed by atoms with Crippen molar-refractivity contribution in [1.82, 2.24) is 0 Å². The monoisotopic (exact) mass is 315 g/mol. The number of thioether (sulfide) groups is 1. The quantitative estimate of drug-likeness (QED) is 0.653. The molecule has 2 aromatic rings. The molecule has 0 saturated heterocycles. The number of hydrogen-bond donors (Lipinski definition) is 1. The third kappa shape index (κ3) is 4.36. The Hall–Kier alpha value is -2.27. The third-order valence-corrected chi connectivity index (χ3v) is 3.93. The molecular formula is C17H17NO3S. The highest BCUT2D eigenvalue weighted by Gasteiger charge is 2.12. The van der Waals surface area contributed by atoms with Crippen molar-refractivity contribution in [2.24, 2.45) is 0 Å². The number of Topliss-reactive ketones (excluding diaryl/α,β-unsaturated/α-hetero) is 1. The van der Waals surface area contributed by atoms with Gasteiger partial charge in [-0.2, -0.15) is 0 Å². The fraction of sp³-hybridized carbons (Fsp3) is 0.176. The number of methoxy groups -OCH3 is 1. The lowest BCUT2D eigenvalue weighted by Crippen LogP contribution is -2.06. The van der Waals surface area contributed by atoms with Gasteiger partial charge in [0.15, 0.2) is 5.78 Å². The summed E-state index contributed by atoms with van der Waals surface area (Å²) >= 11 is 1.43. The van der Waals surface area contributed by atoms with E-state index in [1.807, 2.05) is 36.4 Å². The largest absolute Gasteiger partial charge is 0.496 e. The lowest BCUT2D eigenvalue weighted by molar-refractivity contribution is -0.114. The number of rotatable bonds is 6. The van der Waals surface area contributed by atoms with E-state index < -0.39 is 0 Å². The van der Waals surface area contributed by atoms with E-state index in [1.165, 1.54) is 18.7 Å². The smallest absolute Gasteiger partial charge is 0.221 e. The number of para-hydroxylation sites is 1. The van der Waals surface area contributed by atoms with Crippen molar-refractivity contribution >= 4 is 29.1 Å². The highest BCUT2D eigenvalue weighted by Crippen LogP contribution is 2.25. The van der Waals surface area contributed by atoms with Gasteiger partial charge < -0.3 is 10.1 Å². The maximum absolute atomic E-state index is 12.3. The molecule has 2 aromatic carbocycles. The first kappa shape index (κ1) is 16.1. The van der Waals surface area contributed by atoms with Crippen molar-refractivity contribution in [2.75, 3.05) is 18.2 Å². The normalized spacial score (nSPS) is 10.1. The maximum Gasteiger partial charge on any atom is 0.221 e. The first-order valence-electron chi connectivity index (χ1n) is 6.77. The molecule has 1 N–H and O–H groups in total. The standard InChI is InChI=1S/C17H17NO3S/c1-12(19)18-13-6-5-7-14(10-13)22-11-16(20)15-8-3-4-9-17(15)21-2/h3-10H,11H2,1-2H3,(H,18,19). The molecular weight excluding hydrogens is 298 g/mol. The number of anilines is 1. The summed E-state index contributed by atoms with van der Waals surface area (Å²) in [7, 11) is 1.55. The van der Waals surface area contributed by atoms with Crippen molar-refractivity contribution in [2.45, 2.75) is 11.8 Å². The van der Waals surface area contributed by atoms with Crippen LogP contribution in [0.25, 0.3) is 0 Å². The molecule has 5 heteroatoms. The molecule has 0 heterocycles. The Morgan fingerprint density at radius 3 is 2.64 bits per heavy atom. The van der Waals surface area contributed by atoms with E-state index in [2.05, 4.69) is 5.32 Å². The summed E-state index contributed by atoms with van der Waals surface area (Å²) in [5.41, 5.74) is 1.30. The predicted octanol–water partition coefficient (Wildman–Crippen LogP) is 3.63. The fourth-order valence-electron chi connectivity index (χ4n) is 1.97. The van der Waals surface area contributed by atoms with Crippen LogP contribution in [-0.2, 0) is 4.79 Å². The molecule has 0 aliphatic heterocycles. The van der Waals surface area contributed by atoms with Gasteiger partial charge in [0.2, 0.25) is 5.91 Å². The maximum atomic E-state index is 12.3. The summed E-state index contributed by atoms with van der Waals surface area (Å²) in [4.78, 5) is 24.3. The van der Waals surface area contributed by atoms with E-state index in [0.29, 0.717) is 17.1 Å². The van der Waals surface area contributed by atoms with Gasteiger partial charge in [0.05, 0.1) is 18.4 Å². The summed E-state index contributed by atoms with van der Waals surface area (Å²) in [6.45, 7) is 1.46. The van der Waals surface area contributed by atoms with E-state index >= 15 is 0 Å². The zero-order valence-electron chi connectivity index (χ0n) is 12.5. The molecule has 4 nitrogen and oxygen atoms in total. The molecule has 0 saturated carbocycles. The summed E-state index contributed by atoms with van der Waals surface area (Å²) in [5, 5.41) is 2.73. The van der Waals surface area contributed by atoms with Gasteiger partial charge in [-0.3, -0.25) is 9.59 Å². The van der Waals surface area contributed by atoms with Crippen molar-refractivity contribution in [3.63, 3.8) is 0 Å². The van der Waals surface area contributed by atoms with Crippen LogP contribution in [0.3, 0.4) is 0 Å². The van der Waals surface area contributed by atoms with E-state index in [-0.39, 0.29) is 11.7 Å². The Morgan fingerprint density at radius 2 is 1.91 bits per heavy atom. The minimum absolute atomic E-state index is 0.00683. The van der Waals surface area contributed by atoms with Crippen molar-refractivity contribution in [1.29, 1.82) is 0 Å². The van der Waals surface area contributed by atoms with Crippen LogP contribution in [0.1, 0.15) is 17.3 Å². The average molecular weight is 315 g/mol. The minimum Gasteiger partial charge on any atom is -0.496 e. The second-order valence-electron chi connectivity index (χ2n) is 4.62. The van der Waals surface area contributed by atoms with Crippen LogP contribution in [0.2, 0.25) is 0 Å². The Morgan fingerprint density at radius 1 is 1.14 bits per heavy atom. The summed E-state index contributed by atoms with van der Waals surface area (Å²) < 4.78 is 5.20. The van der Waals surface area contributed by atoms with E-state index in [9.17, 15) is 9.59 Å². The van der Waals surface area contributed by atoms with Gasteiger partial charge in [-0.15, -0.1) is 11.8 Å². The van der Waals surface area contributed by atoms with Gasteiger partial charge in [0, 0.05) is 17.5 Å². The zero-order chi connectivity index (χ0) is 15.9. The van der Waals surface area contributed by atoms with Crippen LogP contribution in [0.5, 0.6) is 5.75 Å². The van der Waals surface area contributed by atoms with Gasteiger partial charge in [-0.05, 0) is 30.3 Å². The Bertz CT molecular complexity index is 685. The average Bonchev–Trinajstić information content (AvgIpc) is 2.52. The van der Waals surface area contributed by atoms with Crippen molar-refractivity contribution < 1.29 is 14.3 Å². The van der Waals surface area contributed by atoms with Crippen LogP contribution in [0.15, 0.2) is 53.4 Å². The fourth-order valence-corrected chi connectivity index (χ4v) is 2.81. The van der Waals surface area contributed by atoms with Gasteiger partial charge >= 0.3 is 0 Å².